The summed E-state index contributed by atoms with van der Waals surface area (Å²) in [5.74, 6) is 2.34. The molecule has 2 amide bonds. The molecule has 31 heavy (non-hydrogen) atoms. The van der Waals surface area contributed by atoms with Crippen LogP contribution in [0.3, 0.4) is 0 Å². The highest BCUT2D eigenvalue weighted by Gasteiger charge is 2.35. The number of rotatable bonds is 5. The molecule has 0 spiro atoms. The van der Waals surface area contributed by atoms with Crippen molar-refractivity contribution in [3.05, 3.63) is 71.6 Å². The van der Waals surface area contributed by atoms with Gasteiger partial charge in [-0.15, -0.1) is 22.5 Å². The molecule has 4 rings (SSSR count). The number of terminal acetylenes is 1. The zero-order chi connectivity index (χ0) is 21.8. The third kappa shape index (κ3) is 4.31. The van der Waals surface area contributed by atoms with Crippen molar-refractivity contribution in [2.45, 2.75) is 31.2 Å². The van der Waals surface area contributed by atoms with E-state index in [2.05, 4.69) is 26.4 Å². The SMILES string of the molecule is C#CC[C@H]1C[C@@H](NC(=O)c2nnc(Cc3ccccc3)o2)C(=O)N(C)c2ncccc21. The van der Waals surface area contributed by atoms with Gasteiger partial charge in [0.25, 0.3) is 0 Å². The van der Waals surface area contributed by atoms with Crippen molar-refractivity contribution >= 4 is 17.6 Å². The van der Waals surface area contributed by atoms with Crippen LogP contribution >= 0.6 is 0 Å². The predicted molar refractivity (Wildman–Crippen MR) is 113 cm³/mol. The summed E-state index contributed by atoms with van der Waals surface area (Å²) in [6, 6.07) is 12.5. The second-order valence-corrected chi connectivity index (χ2v) is 7.34. The number of carbonyl (C=O) groups excluding carboxylic acids is 2. The summed E-state index contributed by atoms with van der Waals surface area (Å²) in [6.45, 7) is 0. The van der Waals surface area contributed by atoms with Gasteiger partial charge in [0.2, 0.25) is 11.8 Å². The molecule has 8 nitrogen and oxygen atoms in total. The Hall–Kier alpha value is -3.99. The largest absolute Gasteiger partial charge is 0.417 e. The summed E-state index contributed by atoms with van der Waals surface area (Å²) in [6.07, 6.45) is 8.37. The van der Waals surface area contributed by atoms with E-state index in [0.717, 1.165) is 11.1 Å². The molecular formula is C23H21N5O3. The van der Waals surface area contributed by atoms with Crippen LogP contribution in [0.25, 0.3) is 0 Å². The van der Waals surface area contributed by atoms with Gasteiger partial charge in [-0.25, -0.2) is 4.98 Å². The molecule has 2 atom stereocenters. The van der Waals surface area contributed by atoms with Crippen molar-refractivity contribution < 1.29 is 14.0 Å². The first-order valence-electron chi connectivity index (χ1n) is 9.90. The number of nitrogens with zero attached hydrogens (tertiary/aromatic N) is 4. The van der Waals surface area contributed by atoms with Crippen LogP contribution in [0, 0.1) is 12.3 Å². The summed E-state index contributed by atoms with van der Waals surface area (Å²) < 4.78 is 5.52. The van der Waals surface area contributed by atoms with Gasteiger partial charge < -0.3 is 9.73 Å². The number of hydrogen-bond donors (Lipinski definition) is 1. The Bertz CT molecular complexity index is 1140. The number of hydrogen-bond acceptors (Lipinski definition) is 6. The van der Waals surface area contributed by atoms with Gasteiger partial charge in [-0.05, 0) is 23.6 Å². The zero-order valence-corrected chi connectivity index (χ0v) is 17.0. The second kappa shape index (κ2) is 8.79. The van der Waals surface area contributed by atoms with Crippen LogP contribution in [0.2, 0.25) is 0 Å². The molecule has 3 heterocycles. The lowest BCUT2D eigenvalue weighted by Crippen LogP contribution is -2.47. The standard InChI is InChI=1S/C23H21N5O3/c1-3-8-16-14-18(23(30)28(2)20-17(16)11-7-12-24-20)25-21(29)22-27-26-19(31-22)13-15-9-5-4-6-10-15/h1,4-7,9-12,16,18H,8,13-14H2,2H3,(H,25,29)/t16-,18+/m0/s1. The Labute approximate surface area is 179 Å². The van der Waals surface area contributed by atoms with Gasteiger partial charge in [0.15, 0.2) is 0 Å². The van der Waals surface area contributed by atoms with E-state index in [4.69, 9.17) is 10.8 Å². The highest BCUT2D eigenvalue weighted by molar-refractivity contribution is 6.01. The van der Waals surface area contributed by atoms with Gasteiger partial charge in [-0.2, -0.15) is 0 Å². The first-order valence-corrected chi connectivity index (χ1v) is 9.90. The van der Waals surface area contributed by atoms with E-state index in [-0.39, 0.29) is 17.7 Å². The van der Waals surface area contributed by atoms with E-state index in [1.165, 1.54) is 4.90 Å². The van der Waals surface area contributed by atoms with Gasteiger partial charge >= 0.3 is 11.8 Å². The average Bonchev–Trinajstić information content (AvgIpc) is 3.23. The lowest BCUT2D eigenvalue weighted by Gasteiger charge is -2.20. The molecule has 0 saturated heterocycles. The number of anilines is 1. The molecule has 0 aliphatic carbocycles. The summed E-state index contributed by atoms with van der Waals surface area (Å²) in [5, 5.41) is 10.5. The number of benzene rings is 1. The molecule has 0 fully saturated rings. The van der Waals surface area contributed by atoms with E-state index in [9.17, 15) is 9.59 Å². The predicted octanol–water partition coefficient (Wildman–Crippen LogP) is 2.33. The summed E-state index contributed by atoms with van der Waals surface area (Å²) in [4.78, 5) is 31.6. The monoisotopic (exact) mass is 415 g/mol. The van der Waals surface area contributed by atoms with Crippen molar-refractivity contribution in [2.24, 2.45) is 0 Å². The van der Waals surface area contributed by atoms with Crippen LogP contribution in [0.15, 0.2) is 53.1 Å². The number of fused-ring (bicyclic) bond motifs is 1. The van der Waals surface area contributed by atoms with Crippen molar-refractivity contribution in [1.82, 2.24) is 20.5 Å². The van der Waals surface area contributed by atoms with Crippen LogP contribution in [0.1, 0.15) is 46.5 Å². The molecule has 1 aromatic carbocycles. The molecule has 0 radical (unpaired) electrons. The fraction of sp³-hybridized carbons (Fsp3) is 0.261. The maximum atomic E-state index is 13.0. The minimum atomic E-state index is -0.797. The number of aromatic nitrogens is 3. The molecule has 2 aromatic heterocycles. The van der Waals surface area contributed by atoms with Gasteiger partial charge in [0, 0.05) is 25.6 Å². The molecule has 8 heteroatoms. The number of pyridine rings is 1. The summed E-state index contributed by atoms with van der Waals surface area (Å²) in [7, 11) is 1.64. The Morgan fingerprint density at radius 1 is 1.26 bits per heavy atom. The molecule has 1 N–H and O–H groups in total. The van der Waals surface area contributed by atoms with Crippen LogP contribution in [0.4, 0.5) is 5.82 Å². The van der Waals surface area contributed by atoms with Crippen LogP contribution in [-0.4, -0.2) is 40.1 Å². The third-order valence-electron chi connectivity index (χ3n) is 5.25. The van der Waals surface area contributed by atoms with Gasteiger partial charge in [-0.3, -0.25) is 14.5 Å². The first kappa shape index (κ1) is 20.3. The van der Waals surface area contributed by atoms with E-state index >= 15 is 0 Å². The van der Waals surface area contributed by atoms with E-state index in [1.807, 2.05) is 42.5 Å². The Morgan fingerprint density at radius 2 is 2.06 bits per heavy atom. The average molecular weight is 415 g/mol. The van der Waals surface area contributed by atoms with Crippen LogP contribution in [-0.2, 0) is 11.2 Å². The van der Waals surface area contributed by atoms with Gasteiger partial charge in [0.05, 0.1) is 6.42 Å². The van der Waals surface area contributed by atoms with Crippen molar-refractivity contribution in [2.75, 3.05) is 11.9 Å². The van der Waals surface area contributed by atoms with Crippen molar-refractivity contribution in [3.8, 4) is 12.3 Å². The van der Waals surface area contributed by atoms with Crippen LogP contribution in [0.5, 0.6) is 0 Å². The number of likely N-dealkylation sites (N-methyl/N-ethyl adjacent to an activating group) is 1. The van der Waals surface area contributed by atoms with Gasteiger partial charge in [-0.1, -0.05) is 36.4 Å². The van der Waals surface area contributed by atoms with E-state index in [1.54, 1.807) is 13.2 Å². The molecule has 0 bridgehead atoms. The smallest absolute Gasteiger partial charge is 0.309 e. The lowest BCUT2D eigenvalue weighted by atomic mass is 9.91. The summed E-state index contributed by atoms with van der Waals surface area (Å²) in [5.41, 5.74) is 1.87. The van der Waals surface area contributed by atoms with E-state index < -0.39 is 11.9 Å². The minimum absolute atomic E-state index is 0.121. The number of amides is 2. The summed E-state index contributed by atoms with van der Waals surface area (Å²) >= 11 is 0. The zero-order valence-electron chi connectivity index (χ0n) is 17.0. The first-order chi connectivity index (χ1) is 15.1. The van der Waals surface area contributed by atoms with E-state index in [0.29, 0.717) is 31.0 Å². The molecule has 156 valence electrons. The topological polar surface area (TPSA) is 101 Å². The Kier molecular flexibility index (Phi) is 5.76. The third-order valence-corrected chi connectivity index (χ3v) is 5.25. The van der Waals surface area contributed by atoms with Crippen molar-refractivity contribution in [3.63, 3.8) is 0 Å². The highest BCUT2D eigenvalue weighted by atomic mass is 16.4. The molecule has 0 unspecified atom stereocenters. The molecule has 3 aromatic rings. The fourth-order valence-electron chi connectivity index (χ4n) is 3.72. The minimum Gasteiger partial charge on any atom is -0.417 e. The quantitative estimate of drug-likeness (QED) is 0.642. The normalized spacial score (nSPS) is 18.1. The maximum absolute atomic E-state index is 13.0. The van der Waals surface area contributed by atoms with Crippen molar-refractivity contribution in [1.29, 1.82) is 0 Å². The highest BCUT2D eigenvalue weighted by Crippen LogP contribution is 2.34. The van der Waals surface area contributed by atoms with Crippen LogP contribution < -0.4 is 10.2 Å². The number of carbonyl (C=O) groups is 2. The lowest BCUT2D eigenvalue weighted by molar-refractivity contribution is -0.120. The second-order valence-electron chi connectivity index (χ2n) is 7.34. The molecule has 1 aliphatic rings. The molecule has 0 saturated carbocycles. The molecule has 1 aliphatic heterocycles. The Balaban J connectivity index is 1.51. The Morgan fingerprint density at radius 3 is 2.84 bits per heavy atom. The molecular weight excluding hydrogens is 394 g/mol. The van der Waals surface area contributed by atoms with Gasteiger partial charge in [0.1, 0.15) is 11.9 Å². The number of nitrogens with one attached hydrogen (secondary N) is 1. The fourth-order valence-corrected chi connectivity index (χ4v) is 3.72. The maximum Gasteiger partial charge on any atom is 0.309 e.